The first kappa shape index (κ1) is 19.2. The Hall–Kier alpha value is -3.17. The van der Waals surface area contributed by atoms with Gasteiger partial charge in [-0.2, -0.15) is 0 Å². The van der Waals surface area contributed by atoms with Gasteiger partial charge in [-0.3, -0.25) is 4.79 Å². The number of pyridine rings is 1. The Balaban J connectivity index is 1.87. The van der Waals surface area contributed by atoms with E-state index in [0.717, 1.165) is 44.5 Å². The third-order valence-corrected chi connectivity index (χ3v) is 5.21. The van der Waals surface area contributed by atoms with E-state index in [1.807, 2.05) is 81.4 Å². The zero-order valence-corrected chi connectivity index (χ0v) is 17.3. The first-order valence-electron chi connectivity index (χ1n) is 9.47. The van der Waals surface area contributed by atoms with E-state index >= 15 is 0 Å². The van der Waals surface area contributed by atoms with Crippen molar-refractivity contribution in [2.45, 2.75) is 20.8 Å². The number of aromatic nitrogens is 1. The van der Waals surface area contributed by atoms with Gasteiger partial charge in [0.2, 0.25) is 0 Å². The largest absolute Gasteiger partial charge is 0.322 e. The number of anilines is 1. The van der Waals surface area contributed by atoms with Crippen LogP contribution in [0.15, 0.2) is 66.7 Å². The van der Waals surface area contributed by atoms with Crippen LogP contribution in [0.4, 0.5) is 5.69 Å². The fourth-order valence-electron chi connectivity index (χ4n) is 3.73. The highest BCUT2D eigenvalue weighted by molar-refractivity contribution is 6.30. The lowest BCUT2D eigenvalue weighted by Gasteiger charge is -2.15. The van der Waals surface area contributed by atoms with Crippen molar-refractivity contribution in [2.24, 2.45) is 0 Å². The molecule has 4 aromatic rings. The molecule has 29 heavy (non-hydrogen) atoms. The maximum Gasteiger partial charge on any atom is 0.256 e. The minimum atomic E-state index is -0.138. The second-order valence-electron chi connectivity index (χ2n) is 7.31. The molecule has 0 atom stereocenters. The highest BCUT2D eigenvalue weighted by atomic mass is 35.5. The SMILES string of the molecule is Cc1cc(C)cc(NC(=O)c2c(C)c(-c3ccc(Cl)cc3)nc3ccccc23)c1. The molecule has 0 saturated carbocycles. The Bertz CT molecular complexity index is 1210. The Labute approximate surface area is 175 Å². The van der Waals surface area contributed by atoms with E-state index in [4.69, 9.17) is 16.6 Å². The van der Waals surface area contributed by atoms with Gasteiger partial charge < -0.3 is 5.32 Å². The third kappa shape index (κ3) is 3.87. The Morgan fingerprint density at radius 3 is 2.24 bits per heavy atom. The number of benzene rings is 3. The van der Waals surface area contributed by atoms with Gasteiger partial charge in [-0.25, -0.2) is 4.98 Å². The lowest BCUT2D eigenvalue weighted by Crippen LogP contribution is -2.15. The molecule has 4 heteroatoms. The van der Waals surface area contributed by atoms with Crippen molar-refractivity contribution in [1.29, 1.82) is 0 Å². The van der Waals surface area contributed by atoms with Crippen LogP contribution >= 0.6 is 11.6 Å². The normalized spacial score (nSPS) is 10.9. The van der Waals surface area contributed by atoms with Gasteiger partial charge in [0.15, 0.2) is 0 Å². The molecule has 1 aromatic heterocycles. The maximum atomic E-state index is 13.3. The molecule has 0 spiro atoms. The van der Waals surface area contributed by atoms with Crippen LogP contribution in [-0.2, 0) is 0 Å². The summed E-state index contributed by atoms with van der Waals surface area (Å²) in [4.78, 5) is 18.2. The number of amides is 1. The summed E-state index contributed by atoms with van der Waals surface area (Å²) in [6, 6.07) is 21.3. The number of hydrogen-bond donors (Lipinski definition) is 1. The summed E-state index contributed by atoms with van der Waals surface area (Å²) in [5.41, 5.74) is 6.99. The summed E-state index contributed by atoms with van der Waals surface area (Å²) in [5.74, 6) is -0.138. The molecule has 0 saturated heterocycles. The minimum absolute atomic E-state index is 0.138. The van der Waals surface area contributed by atoms with E-state index in [1.54, 1.807) is 0 Å². The average Bonchev–Trinajstić information content (AvgIpc) is 2.67. The zero-order valence-electron chi connectivity index (χ0n) is 16.6. The van der Waals surface area contributed by atoms with E-state index in [2.05, 4.69) is 11.4 Å². The highest BCUT2D eigenvalue weighted by Gasteiger charge is 2.19. The molecule has 0 aliphatic carbocycles. The minimum Gasteiger partial charge on any atom is -0.322 e. The van der Waals surface area contributed by atoms with E-state index in [0.29, 0.717) is 10.6 Å². The number of fused-ring (bicyclic) bond motifs is 1. The van der Waals surface area contributed by atoms with Crippen molar-refractivity contribution >= 4 is 34.1 Å². The number of carbonyl (C=O) groups is 1. The molecule has 3 aromatic carbocycles. The quantitative estimate of drug-likeness (QED) is 0.414. The van der Waals surface area contributed by atoms with E-state index in [-0.39, 0.29) is 5.91 Å². The third-order valence-electron chi connectivity index (χ3n) is 4.96. The fraction of sp³-hybridized carbons (Fsp3) is 0.120. The van der Waals surface area contributed by atoms with Gasteiger partial charge in [0.05, 0.1) is 16.8 Å². The van der Waals surface area contributed by atoms with E-state index < -0.39 is 0 Å². The van der Waals surface area contributed by atoms with E-state index in [9.17, 15) is 4.79 Å². The van der Waals surface area contributed by atoms with Crippen LogP contribution in [0, 0.1) is 20.8 Å². The lowest BCUT2D eigenvalue weighted by atomic mass is 9.97. The standard InChI is InChI=1S/C25H21ClN2O/c1-15-12-16(2)14-20(13-15)27-25(29)23-17(3)24(18-8-10-19(26)11-9-18)28-22-7-5-4-6-21(22)23/h4-14H,1-3H3,(H,27,29). The molecule has 0 unspecified atom stereocenters. The van der Waals surface area contributed by atoms with Crippen LogP contribution in [0.3, 0.4) is 0 Å². The smallest absolute Gasteiger partial charge is 0.256 e. The van der Waals surface area contributed by atoms with Gasteiger partial charge in [0.1, 0.15) is 0 Å². The van der Waals surface area contributed by atoms with Crippen molar-refractivity contribution < 1.29 is 4.79 Å². The number of para-hydroxylation sites is 1. The molecule has 1 amide bonds. The van der Waals surface area contributed by atoms with Crippen molar-refractivity contribution in [3.8, 4) is 11.3 Å². The summed E-state index contributed by atoms with van der Waals surface area (Å²) in [5, 5.41) is 4.58. The number of aryl methyl sites for hydroxylation is 2. The van der Waals surface area contributed by atoms with Gasteiger partial charge >= 0.3 is 0 Å². The first-order chi connectivity index (χ1) is 13.9. The molecule has 0 bridgehead atoms. The summed E-state index contributed by atoms with van der Waals surface area (Å²) >= 11 is 6.05. The van der Waals surface area contributed by atoms with Crippen LogP contribution in [0.1, 0.15) is 27.0 Å². The molecule has 4 rings (SSSR count). The van der Waals surface area contributed by atoms with Crippen molar-refractivity contribution in [3.63, 3.8) is 0 Å². The van der Waals surface area contributed by atoms with Crippen molar-refractivity contribution in [2.75, 3.05) is 5.32 Å². The highest BCUT2D eigenvalue weighted by Crippen LogP contribution is 2.31. The summed E-state index contributed by atoms with van der Waals surface area (Å²) in [6.45, 7) is 5.99. The molecular formula is C25H21ClN2O. The molecule has 0 aliphatic heterocycles. The predicted molar refractivity (Wildman–Crippen MR) is 121 cm³/mol. The topological polar surface area (TPSA) is 42.0 Å². The van der Waals surface area contributed by atoms with Crippen molar-refractivity contribution in [3.05, 3.63) is 94.0 Å². The molecule has 0 fully saturated rings. The molecule has 3 nitrogen and oxygen atoms in total. The van der Waals surface area contributed by atoms with Crippen LogP contribution < -0.4 is 5.32 Å². The van der Waals surface area contributed by atoms with Gasteiger partial charge in [0.25, 0.3) is 5.91 Å². The number of rotatable bonds is 3. The van der Waals surface area contributed by atoms with Gasteiger partial charge in [-0.1, -0.05) is 48.0 Å². The predicted octanol–water partition coefficient (Wildman–Crippen LogP) is 6.73. The number of halogens is 1. The van der Waals surface area contributed by atoms with Crippen molar-refractivity contribution in [1.82, 2.24) is 4.98 Å². The Morgan fingerprint density at radius 1 is 0.897 bits per heavy atom. The monoisotopic (exact) mass is 400 g/mol. The zero-order chi connectivity index (χ0) is 20.5. The number of carbonyl (C=O) groups excluding carboxylic acids is 1. The van der Waals surface area contributed by atoms with Crippen LogP contribution in [0.2, 0.25) is 5.02 Å². The average molecular weight is 401 g/mol. The van der Waals surface area contributed by atoms with Crippen LogP contribution in [0.25, 0.3) is 22.2 Å². The molecule has 1 heterocycles. The summed E-state index contributed by atoms with van der Waals surface area (Å²) in [7, 11) is 0. The molecular weight excluding hydrogens is 380 g/mol. The van der Waals surface area contributed by atoms with Gasteiger partial charge in [0, 0.05) is 21.7 Å². The lowest BCUT2D eigenvalue weighted by molar-refractivity contribution is 0.102. The van der Waals surface area contributed by atoms with Gasteiger partial charge in [-0.15, -0.1) is 0 Å². The molecule has 0 aliphatic rings. The fourth-order valence-corrected chi connectivity index (χ4v) is 3.86. The summed E-state index contributed by atoms with van der Waals surface area (Å²) in [6.07, 6.45) is 0. The molecule has 0 radical (unpaired) electrons. The first-order valence-corrected chi connectivity index (χ1v) is 9.85. The second-order valence-corrected chi connectivity index (χ2v) is 7.75. The second kappa shape index (κ2) is 7.69. The summed E-state index contributed by atoms with van der Waals surface area (Å²) < 4.78 is 0. The number of hydrogen-bond acceptors (Lipinski definition) is 2. The maximum absolute atomic E-state index is 13.3. The van der Waals surface area contributed by atoms with Crippen LogP contribution in [0.5, 0.6) is 0 Å². The number of nitrogens with one attached hydrogen (secondary N) is 1. The van der Waals surface area contributed by atoms with E-state index in [1.165, 1.54) is 0 Å². The molecule has 1 N–H and O–H groups in total. The number of nitrogens with zero attached hydrogens (tertiary/aromatic N) is 1. The molecule has 144 valence electrons. The van der Waals surface area contributed by atoms with Crippen LogP contribution in [-0.4, -0.2) is 10.9 Å². The van der Waals surface area contributed by atoms with Gasteiger partial charge in [-0.05, 0) is 67.8 Å². The Kier molecular flexibility index (Phi) is 5.08. The Morgan fingerprint density at radius 2 is 1.55 bits per heavy atom.